The summed E-state index contributed by atoms with van der Waals surface area (Å²) < 4.78 is 0. The fourth-order valence-electron chi connectivity index (χ4n) is 1.92. The standard InChI is InChI=1S/C13H11Cl2N5/c14-9-3-1-8(2-4-9)5-6-16-11-10-7-17-20-12(10)19-13(15)18-11/h1-4,7H,5-6H2,(H2,16,17,18,19,20). The van der Waals surface area contributed by atoms with E-state index in [0.29, 0.717) is 11.5 Å². The number of rotatable bonds is 4. The van der Waals surface area contributed by atoms with E-state index < -0.39 is 0 Å². The third-order valence-electron chi connectivity index (χ3n) is 2.90. The number of fused-ring (bicyclic) bond motifs is 1. The van der Waals surface area contributed by atoms with Crippen molar-refractivity contribution in [3.63, 3.8) is 0 Å². The minimum Gasteiger partial charge on any atom is -0.369 e. The maximum Gasteiger partial charge on any atom is 0.226 e. The topological polar surface area (TPSA) is 66.5 Å². The van der Waals surface area contributed by atoms with Crippen LogP contribution in [0.25, 0.3) is 11.0 Å². The first-order valence-corrected chi connectivity index (χ1v) is 6.83. The van der Waals surface area contributed by atoms with E-state index in [1.807, 2.05) is 24.3 Å². The summed E-state index contributed by atoms with van der Waals surface area (Å²) in [6.07, 6.45) is 2.54. The molecule has 0 aliphatic rings. The molecule has 5 nitrogen and oxygen atoms in total. The minimum atomic E-state index is 0.191. The van der Waals surface area contributed by atoms with Crippen molar-refractivity contribution in [2.75, 3.05) is 11.9 Å². The number of benzene rings is 1. The molecule has 0 radical (unpaired) electrons. The maximum absolute atomic E-state index is 5.87. The summed E-state index contributed by atoms with van der Waals surface area (Å²) in [5.74, 6) is 0.683. The van der Waals surface area contributed by atoms with Crippen LogP contribution in [-0.4, -0.2) is 26.7 Å². The van der Waals surface area contributed by atoms with Crippen LogP contribution >= 0.6 is 23.2 Å². The molecule has 2 aromatic heterocycles. The van der Waals surface area contributed by atoms with Crippen LogP contribution in [0.4, 0.5) is 5.82 Å². The van der Waals surface area contributed by atoms with E-state index in [-0.39, 0.29) is 5.28 Å². The van der Waals surface area contributed by atoms with Crippen molar-refractivity contribution >= 4 is 40.1 Å². The van der Waals surface area contributed by atoms with E-state index >= 15 is 0 Å². The fourth-order valence-corrected chi connectivity index (χ4v) is 2.21. The number of aromatic amines is 1. The van der Waals surface area contributed by atoms with Crippen LogP contribution in [-0.2, 0) is 6.42 Å². The molecule has 0 aliphatic heterocycles. The van der Waals surface area contributed by atoms with Gasteiger partial charge in [-0.05, 0) is 35.7 Å². The van der Waals surface area contributed by atoms with Crippen LogP contribution < -0.4 is 5.32 Å². The summed E-state index contributed by atoms with van der Waals surface area (Å²) in [6.45, 7) is 0.731. The second-order valence-electron chi connectivity index (χ2n) is 4.28. The molecule has 2 heterocycles. The summed E-state index contributed by atoms with van der Waals surface area (Å²) in [5.41, 5.74) is 1.82. The summed E-state index contributed by atoms with van der Waals surface area (Å²) in [5, 5.41) is 11.7. The van der Waals surface area contributed by atoms with E-state index in [1.54, 1.807) is 6.20 Å². The molecule has 1 aromatic carbocycles. The van der Waals surface area contributed by atoms with Crippen molar-refractivity contribution in [3.8, 4) is 0 Å². The van der Waals surface area contributed by atoms with E-state index in [0.717, 1.165) is 23.4 Å². The average Bonchev–Trinajstić information content (AvgIpc) is 2.89. The van der Waals surface area contributed by atoms with Crippen LogP contribution in [0.1, 0.15) is 5.56 Å². The zero-order chi connectivity index (χ0) is 13.9. The van der Waals surface area contributed by atoms with E-state index in [9.17, 15) is 0 Å². The molecule has 0 spiro atoms. The lowest BCUT2D eigenvalue weighted by Crippen LogP contribution is -2.07. The van der Waals surface area contributed by atoms with Gasteiger partial charge in [0, 0.05) is 11.6 Å². The molecule has 0 fully saturated rings. The maximum atomic E-state index is 5.87. The third kappa shape index (κ3) is 2.84. The van der Waals surface area contributed by atoms with Gasteiger partial charge in [0.25, 0.3) is 0 Å². The van der Waals surface area contributed by atoms with E-state index in [2.05, 4.69) is 25.5 Å². The molecule has 0 aliphatic carbocycles. The number of anilines is 1. The number of nitrogens with zero attached hydrogens (tertiary/aromatic N) is 3. The Balaban J connectivity index is 1.70. The molecule has 0 unspecified atom stereocenters. The first-order chi connectivity index (χ1) is 9.72. The second kappa shape index (κ2) is 5.64. The molecule has 102 valence electrons. The highest BCUT2D eigenvalue weighted by molar-refractivity contribution is 6.30. The Labute approximate surface area is 125 Å². The lowest BCUT2D eigenvalue weighted by atomic mass is 10.1. The molecular formula is C13H11Cl2N5. The first kappa shape index (κ1) is 13.1. The first-order valence-electron chi connectivity index (χ1n) is 6.07. The SMILES string of the molecule is Clc1ccc(CCNc2nc(Cl)nc3[nH]ncc23)cc1. The lowest BCUT2D eigenvalue weighted by molar-refractivity contribution is 1.01. The van der Waals surface area contributed by atoms with Crippen LogP contribution in [0.2, 0.25) is 10.3 Å². The van der Waals surface area contributed by atoms with Crippen LogP contribution in [0.5, 0.6) is 0 Å². The molecule has 0 bridgehead atoms. The minimum absolute atomic E-state index is 0.191. The summed E-state index contributed by atoms with van der Waals surface area (Å²) in [7, 11) is 0. The Morgan fingerprint density at radius 1 is 1.10 bits per heavy atom. The number of halogens is 2. The number of aromatic nitrogens is 4. The monoisotopic (exact) mass is 307 g/mol. The molecule has 20 heavy (non-hydrogen) atoms. The molecule has 2 N–H and O–H groups in total. The Morgan fingerprint density at radius 2 is 1.90 bits per heavy atom. The molecule has 0 amide bonds. The Bertz CT molecular complexity index is 723. The van der Waals surface area contributed by atoms with Gasteiger partial charge in [-0.25, -0.2) is 0 Å². The average molecular weight is 308 g/mol. The van der Waals surface area contributed by atoms with Gasteiger partial charge in [0.05, 0.1) is 11.6 Å². The largest absolute Gasteiger partial charge is 0.369 e. The lowest BCUT2D eigenvalue weighted by Gasteiger charge is -2.07. The zero-order valence-electron chi connectivity index (χ0n) is 10.4. The number of hydrogen-bond acceptors (Lipinski definition) is 4. The van der Waals surface area contributed by atoms with Crippen molar-refractivity contribution in [1.29, 1.82) is 0 Å². The summed E-state index contributed by atoms with van der Waals surface area (Å²) in [4.78, 5) is 8.23. The van der Waals surface area contributed by atoms with Crippen molar-refractivity contribution in [1.82, 2.24) is 20.2 Å². The fraction of sp³-hybridized carbons (Fsp3) is 0.154. The predicted octanol–water partition coefficient (Wildman–Crippen LogP) is 3.31. The molecule has 0 saturated heterocycles. The number of nitrogens with one attached hydrogen (secondary N) is 2. The second-order valence-corrected chi connectivity index (χ2v) is 5.05. The van der Waals surface area contributed by atoms with Crippen molar-refractivity contribution in [3.05, 3.63) is 46.3 Å². The highest BCUT2D eigenvalue weighted by atomic mass is 35.5. The van der Waals surface area contributed by atoms with E-state index in [4.69, 9.17) is 23.2 Å². The van der Waals surface area contributed by atoms with Gasteiger partial charge in [0.15, 0.2) is 5.65 Å². The van der Waals surface area contributed by atoms with Crippen LogP contribution in [0.3, 0.4) is 0 Å². The Kier molecular flexibility index (Phi) is 3.71. The quantitative estimate of drug-likeness (QED) is 0.726. The van der Waals surface area contributed by atoms with E-state index in [1.165, 1.54) is 5.56 Å². The van der Waals surface area contributed by atoms with Crippen LogP contribution in [0, 0.1) is 0 Å². The normalized spacial score (nSPS) is 10.9. The molecule has 3 aromatic rings. The Morgan fingerprint density at radius 3 is 2.70 bits per heavy atom. The third-order valence-corrected chi connectivity index (χ3v) is 3.32. The van der Waals surface area contributed by atoms with Crippen molar-refractivity contribution in [2.45, 2.75) is 6.42 Å². The molecule has 7 heteroatoms. The summed E-state index contributed by atoms with van der Waals surface area (Å²) >= 11 is 11.7. The predicted molar refractivity (Wildman–Crippen MR) is 80.3 cm³/mol. The molecular weight excluding hydrogens is 297 g/mol. The van der Waals surface area contributed by atoms with Gasteiger partial charge in [-0.1, -0.05) is 23.7 Å². The summed E-state index contributed by atoms with van der Waals surface area (Å²) in [6, 6.07) is 7.77. The van der Waals surface area contributed by atoms with Gasteiger partial charge in [-0.3, -0.25) is 5.10 Å². The number of hydrogen-bond donors (Lipinski definition) is 2. The molecule has 0 saturated carbocycles. The van der Waals surface area contributed by atoms with Gasteiger partial charge < -0.3 is 5.32 Å². The highest BCUT2D eigenvalue weighted by Gasteiger charge is 2.07. The highest BCUT2D eigenvalue weighted by Crippen LogP contribution is 2.19. The van der Waals surface area contributed by atoms with Gasteiger partial charge in [-0.15, -0.1) is 0 Å². The smallest absolute Gasteiger partial charge is 0.226 e. The zero-order valence-corrected chi connectivity index (χ0v) is 11.9. The molecule has 0 atom stereocenters. The van der Waals surface area contributed by atoms with Gasteiger partial charge >= 0.3 is 0 Å². The van der Waals surface area contributed by atoms with Crippen LogP contribution in [0.15, 0.2) is 30.5 Å². The van der Waals surface area contributed by atoms with Crippen molar-refractivity contribution in [2.24, 2.45) is 0 Å². The van der Waals surface area contributed by atoms with Gasteiger partial charge in [0.1, 0.15) is 5.82 Å². The Hall–Kier alpha value is -1.85. The molecule has 3 rings (SSSR count). The van der Waals surface area contributed by atoms with Crippen molar-refractivity contribution < 1.29 is 0 Å². The van der Waals surface area contributed by atoms with Gasteiger partial charge in [0.2, 0.25) is 5.28 Å². The number of H-pyrrole nitrogens is 1. The van der Waals surface area contributed by atoms with Gasteiger partial charge in [-0.2, -0.15) is 15.1 Å².